The first kappa shape index (κ1) is 21.0. The van der Waals surface area contributed by atoms with Gasteiger partial charge in [0.1, 0.15) is 0 Å². The van der Waals surface area contributed by atoms with E-state index in [0.717, 1.165) is 4.90 Å². The maximum atomic E-state index is 12.7. The van der Waals surface area contributed by atoms with Gasteiger partial charge in [-0.05, 0) is 24.3 Å². The van der Waals surface area contributed by atoms with E-state index in [-0.39, 0.29) is 62.0 Å². The van der Waals surface area contributed by atoms with Crippen molar-refractivity contribution in [3.63, 3.8) is 0 Å². The molecule has 9 nitrogen and oxygen atoms in total. The number of nitrogens with one attached hydrogen (secondary N) is 1. The number of hydrogen-bond donors (Lipinski definition) is 1. The lowest BCUT2D eigenvalue weighted by atomic mass is 10.1. The fraction of sp³-hybridized carbons (Fsp3) is 0.286. The van der Waals surface area contributed by atoms with Crippen LogP contribution < -0.4 is 5.32 Å². The van der Waals surface area contributed by atoms with Crippen molar-refractivity contribution in [2.45, 2.75) is 4.90 Å². The van der Waals surface area contributed by atoms with Crippen LogP contribution >= 0.6 is 0 Å². The van der Waals surface area contributed by atoms with E-state index in [4.69, 9.17) is 0 Å². The summed E-state index contributed by atoms with van der Waals surface area (Å²) in [5.41, 5.74) is 0.740. The predicted octanol–water partition coefficient (Wildman–Crippen LogP) is 0.999. The first-order chi connectivity index (χ1) is 14.9. The topological polar surface area (TPSA) is 107 Å². The molecule has 0 radical (unpaired) electrons. The van der Waals surface area contributed by atoms with Crippen LogP contribution in [0.15, 0.2) is 59.5 Å². The Balaban J connectivity index is 1.27. The van der Waals surface area contributed by atoms with E-state index in [1.54, 1.807) is 54.6 Å². The highest BCUT2D eigenvalue weighted by Gasteiger charge is 2.35. The van der Waals surface area contributed by atoms with Gasteiger partial charge in [0.05, 0.1) is 16.0 Å². The molecule has 4 amide bonds. The second kappa shape index (κ2) is 8.48. The Morgan fingerprint density at radius 2 is 1.39 bits per heavy atom. The molecule has 2 aromatic carbocycles. The average Bonchev–Trinajstić information content (AvgIpc) is 3.04. The van der Waals surface area contributed by atoms with Crippen LogP contribution in [-0.4, -0.2) is 79.6 Å². The highest BCUT2D eigenvalue weighted by Crippen LogP contribution is 2.22. The summed E-state index contributed by atoms with van der Waals surface area (Å²) in [5, 5.41) is 2.71. The number of nitrogens with zero attached hydrogens (tertiary/aromatic N) is 3. The van der Waals surface area contributed by atoms with Gasteiger partial charge in [0, 0.05) is 39.3 Å². The van der Waals surface area contributed by atoms with Gasteiger partial charge in [-0.2, -0.15) is 4.31 Å². The molecule has 0 unspecified atom stereocenters. The molecule has 31 heavy (non-hydrogen) atoms. The molecule has 0 bridgehead atoms. The van der Waals surface area contributed by atoms with Crippen LogP contribution in [0.5, 0.6) is 0 Å². The molecule has 1 N–H and O–H groups in total. The molecule has 2 heterocycles. The van der Waals surface area contributed by atoms with Crippen LogP contribution in [0.2, 0.25) is 0 Å². The SMILES string of the molecule is O=C(NCCN1C(=O)c2ccccc2C1=O)N1CCN(S(=O)(=O)c2ccccc2)CC1. The lowest BCUT2D eigenvalue weighted by Gasteiger charge is -2.34. The van der Waals surface area contributed by atoms with Gasteiger partial charge in [0.15, 0.2) is 0 Å². The number of benzene rings is 2. The summed E-state index contributed by atoms with van der Waals surface area (Å²) in [5.74, 6) is -0.732. The van der Waals surface area contributed by atoms with Crippen molar-refractivity contribution in [2.75, 3.05) is 39.3 Å². The number of fused-ring (bicyclic) bond motifs is 1. The molecule has 4 rings (SSSR count). The van der Waals surface area contributed by atoms with Crippen LogP contribution in [0.3, 0.4) is 0 Å². The Hall–Kier alpha value is -3.24. The zero-order valence-corrected chi connectivity index (χ0v) is 17.5. The fourth-order valence-corrected chi connectivity index (χ4v) is 5.14. The fourth-order valence-electron chi connectivity index (χ4n) is 3.70. The van der Waals surface area contributed by atoms with Crippen LogP contribution in [-0.2, 0) is 10.0 Å². The van der Waals surface area contributed by atoms with Gasteiger partial charge in [-0.3, -0.25) is 14.5 Å². The Kier molecular flexibility index (Phi) is 5.75. The van der Waals surface area contributed by atoms with Crippen LogP contribution in [0.4, 0.5) is 4.79 Å². The van der Waals surface area contributed by atoms with Gasteiger partial charge in [0.2, 0.25) is 10.0 Å². The first-order valence-electron chi connectivity index (χ1n) is 9.93. The van der Waals surface area contributed by atoms with E-state index in [1.807, 2.05) is 0 Å². The van der Waals surface area contributed by atoms with Crippen LogP contribution in [0.25, 0.3) is 0 Å². The second-order valence-corrected chi connectivity index (χ2v) is 9.18. The van der Waals surface area contributed by atoms with E-state index < -0.39 is 10.0 Å². The molecule has 2 aromatic rings. The lowest BCUT2D eigenvalue weighted by Crippen LogP contribution is -2.53. The summed E-state index contributed by atoms with van der Waals surface area (Å²) in [6, 6.07) is 14.5. The van der Waals surface area contributed by atoms with Crippen molar-refractivity contribution in [3.05, 3.63) is 65.7 Å². The molecule has 2 aliphatic rings. The number of sulfonamides is 1. The van der Waals surface area contributed by atoms with E-state index in [9.17, 15) is 22.8 Å². The monoisotopic (exact) mass is 442 g/mol. The molecule has 0 saturated carbocycles. The zero-order valence-electron chi connectivity index (χ0n) is 16.7. The summed E-state index contributed by atoms with van der Waals surface area (Å²) in [6.07, 6.45) is 0. The van der Waals surface area contributed by atoms with Crippen LogP contribution in [0.1, 0.15) is 20.7 Å². The standard InChI is InChI=1S/C21H22N4O5S/c26-19-17-8-4-5-9-18(17)20(27)25(19)11-10-22-21(28)23-12-14-24(15-13-23)31(29,30)16-6-2-1-3-7-16/h1-9H,10-15H2,(H,22,28). The largest absolute Gasteiger partial charge is 0.336 e. The Morgan fingerprint density at radius 3 is 1.97 bits per heavy atom. The minimum absolute atomic E-state index is 0.0699. The molecule has 2 aliphatic heterocycles. The second-order valence-electron chi connectivity index (χ2n) is 7.24. The van der Waals surface area contributed by atoms with Crippen molar-refractivity contribution in [3.8, 4) is 0 Å². The van der Waals surface area contributed by atoms with Crippen molar-refractivity contribution in [1.29, 1.82) is 0 Å². The summed E-state index contributed by atoms with van der Waals surface area (Å²) in [7, 11) is -3.58. The van der Waals surface area contributed by atoms with Crippen LogP contribution in [0, 0.1) is 0 Å². The van der Waals surface area contributed by atoms with Gasteiger partial charge in [0.25, 0.3) is 11.8 Å². The summed E-state index contributed by atoms with van der Waals surface area (Å²) >= 11 is 0. The average molecular weight is 442 g/mol. The molecule has 0 aliphatic carbocycles. The predicted molar refractivity (Wildman–Crippen MR) is 112 cm³/mol. The number of imide groups is 1. The summed E-state index contributed by atoms with van der Waals surface area (Å²) in [4.78, 5) is 40.0. The molecule has 10 heteroatoms. The van der Waals surface area contributed by atoms with Gasteiger partial charge in [-0.25, -0.2) is 13.2 Å². The number of piperazine rings is 1. The van der Waals surface area contributed by atoms with Gasteiger partial charge >= 0.3 is 6.03 Å². The molecular weight excluding hydrogens is 420 g/mol. The number of amides is 4. The third-order valence-corrected chi connectivity index (χ3v) is 7.31. The molecule has 0 aromatic heterocycles. The van der Waals surface area contributed by atoms with E-state index in [1.165, 1.54) is 9.21 Å². The number of carbonyl (C=O) groups is 3. The molecule has 0 atom stereocenters. The zero-order chi connectivity index (χ0) is 22.0. The van der Waals surface area contributed by atoms with Gasteiger partial charge < -0.3 is 10.2 Å². The molecular formula is C21H22N4O5S. The highest BCUT2D eigenvalue weighted by molar-refractivity contribution is 7.89. The van der Waals surface area contributed by atoms with E-state index in [0.29, 0.717) is 11.1 Å². The van der Waals surface area contributed by atoms with Crippen molar-refractivity contribution in [1.82, 2.24) is 19.4 Å². The minimum atomic E-state index is -3.58. The Morgan fingerprint density at radius 1 is 0.839 bits per heavy atom. The Labute approximate surface area is 180 Å². The smallest absolute Gasteiger partial charge is 0.317 e. The van der Waals surface area contributed by atoms with Crippen molar-refractivity contribution in [2.24, 2.45) is 0 Å². The summed E-state index contributed by atoms with van der Waals surface area (Å²) in [6.45, 7) is 1.09. The molecule has 0 spiro atoms. The minimum Gasteiger partial charge on any atom is -0.336 e. The lowest BCUT2D eigenvalue weighted by molar-refractivity contribution is 0.0654. The third-order valence-electron chi connectivity index (χ3n) is 5.40. The number of hydrogen-bond acceptors (Lipinski definition) is 5. The number of rotatable bonds is 5. The number of urea groups is 1. The first-order valence-corrected chi connectivity index (χ1v) is 11.4. The van der Waals surface area contributed by atoms with Crippen molar-refractivity contribution >= 4 is 27.9 Å². The van der Waals surface area contributed by atoms with Crippen molar-refractivity contribution < 1.29 is 22.8 Å². The van der Waals surface area contributed by atoms with E-state index >= 15 is 0 Å². The van der Waals surface area contributed by atoms with E-state index in [2.05, 4.69) is 5.32 Å². The maximum Gasteiger partial charge on any atom is 0.317 e. The van der Waals surface area contributed by atoms with Gasteiger partial charge in [-0.1, -0.05) is 30.3 Å². The Bertz CT molecular complexity index is 1080. The van der Waals surface area contributed by atoms with Gasteiger partial charge in [-0.15, -0.1) is 0 Å². The highest BCUT2D eigenvalue weighted by atomic mass is 32.2. The molecule has 162 valence electrons. The quantitative estimate of drug-likeness (QED) is 0.696. The molecule has 1 saturated heterocycles. The third kappa shape index (κ3) is 4.04. The molecule has 1 fully saturated rings. The normalized spacial score (nSPS) is 17.0. The number of carbonyl (C=O) groups excluding carboxylic acids is 3. The maximum absolute atomic E-state index is 12.7. The summed E-state index contributed by atoms with van der Waals surface area (Å²) < 4.78 is 26.7.